The van der Waals surface area contributed by atoms with Gasteiger partial charge in [0.25, 0.3) is 5.91 Å². The first-order chi connectivity index (χ1) is 10.3. The van der Waals surface area contributed by atoms with Crippen molar-refractivity contribution in [1.29, 1.82) is 0 Å². The molecule has 1 aliphatic carbocycles. The molecule has 0 aromatic heterocycles. The standard InChI is InChI=1S/C14H21N3O5/c1-8(2)10(11(19)20)15-9(18)7-17-12(21)14(16-13(17)22)5-3-4-6-14/h8,10H,3-7H2,1-2H3,(H,15,18)(H,16,22)(H,19,20)/t10-/m1/s1. The number of rotatable bonds is 5. The Morgan fingerprint density at radius 2 is 1.91 bits per heavy atom. The lowest BCUT2D eigenvalue weighted by molar-refractivity contribution is -0.143. The first kappa shape index (κ1) is 16.3. The second-order valence-corrected chi connectivity index (χ2v) is 6.24. The van der Waals surface area contributed by atoms with Crippen molar-refractivity contribution in [3.8, 4) is 0 Å². The Hall–Kier alpha value is -2.12. The minimum Gasteiger partial charge on any atom is -0.480 e. The number of carbonyl (C=O) groups excluding carboxylic acids is 3. The maximum Gasteiger partial charge on any atom is 0.326 e. The fraction of sp³-hybridized carbons (Fsp3) is 0.714. The number of hydrogen-bond donors (Lipinski definition) is 3. The summed E-state index contributed by atoms with van der Waals surface area (Å²) in [7, 11) is 0. The third kappa shape index (κ3) is 2.90. The number of carboxylic acid groups (broad SMARTS) is 1. The zero-order valence-corrected chi connectivity index (χ0v) is 12.7. The van der Waals surface area contributed by atoms with Crippen LogP contribution in [0.15, 0.2) is 0 Å². The summed E-state index contributed by atoms with van der Waals surface area (Å²) in [6.07, 6.45) is 2.89. The lowest BCUT2D eigenvalue weighted by Gasteiger charge is -2.21. The van der Waals surface area contributed by atoms with Gasteiger partial charge in [0.2, 0.25) is 5.91 Å². The number of imide groups is 1. The molecule has 122 valence electrons. The molecular weight excluding hydrogens is 290 g/mol. The van der Waals surface area contributed by atoms with Crippen molar-refractivity contribution >= 4 is 23.8 Å². The SMILES string of the molecule is CC(C)[C@@H](NC(=O)CN1C(=O)NC2(CCCC2)C1=O)C(=O)O. The predicted molar refractivity (Wildman–Crippen MR) is 75.8 cm³/mol. The number of urea groups is 1. The van der Waals surface area contributed by atoms with Gasteiger partial charge < -0.3 is 15.7 Å². The molecule has 1 atom stereocenters. The number of nitrogens with one attached hydrogen (secondary N) is 2. The molecule has 1 spiro atoms. The zero-order chi connectivity index (χ0) is 16.5. The number of carboxylic acids is 1. The minimum absolute atomic E-state index is 0.300. The van der Waals surface area contributed by atoms with E-state index in [0.717, 1.165) is 17.7 Å². The van der Waals surface area contributed by atoms with E-state index in [0.29, 0.717) is 12.8 Å². The molecule has 2 fully saturated rings. The van der Waals surface area contributed by atoms with Crippen LogP contribution in [0.2, 0.25) is 0 Å². The van der Waals surface area contributed by atoms with Crippen LogP contribution in [0.25, 0.3) is 0 Å². The Bertz CT molecular complexity index is 511. The van der Waals surface area contributed by atoms with Crippen molar-refractivity contribution in [2.24, 2.45) is 5.92 Å². The van der Waals surface area contributed by atoms with Crippen LogP contribution in [0.3, 0.4) is 0 Å². The quantitative estimate of drug-likeness (QED) is 0.622. The van der Waals surface area contributed by atoms with Gasteiger partial charge in [-0.15, -0.1) is 0 Å². The molecular formula is C14H21N3O5. The van der Waals surface area contributed by atoms with E-state index in [1.165, 1.54) is 0 Å². The highest BCUT2D eigenvalue weighted by atomic mass is 16.4. The molecule has 0 aromatic rings. The first-order valence-electron chi connectivity index (χ1n) is 7.43. The van der Waals surface area contributed by atoms with E-state index in [-0.39, 0.29) is 11.8 Å². The lowest BCUT2D eigenvalue weighted by Crippen LogP contribution is -2.49. The molecule has 0 bridgehead atoms. The number of carbonyl (C=O) groups is 4. The van der Waals surface area contributed by atoms with E-state index in [1.807, 2.05) is 0 Å². The Kier molecular flexibility index (Phi) is 4.39. The molecule has 2 aliphatic rings. The smallest absolute Gasteiger partial charge is 0.326 e. The summed E-state index contributed by atoms with van der Waals surface area (Å²) in [6.45, 7) is 2.88. The molecule has 8 heteroatoms. The largest absolute Gasteiger partial charge is 0.480 e. The fourth-order valence-electron chi connectivity index (χ4n) is 3.01. The molecule has 3 N–H and O–H groups in total. The number of aliphatic carboxylic acids is 1. The van der Waals surface area contributed by atoms with Crippen LogP contribution in [0.5, 0.6) is 0 Å². The molecule has 0 unspecified atom stereocenters. The summed E-state index contributed by atoms with van der Waals surface area (Å²) < 4.78 is 0. The average molecular weight is 311 g/mol. The molecule has 1 saturated heterocycles. The summed E-state index contributed by atoms with van der Waals surface area (Å²) in [5.41, 5.74) is -0.860. The second kappa shape index (κ2) is 5.94. The molecule has 8 nitrogen and oxygen atoms in total. The maximum absolute atomic E-state index is 12.4. The molecule has 0 aromatic carbocycles. The summed E-state index contributed by atoms with van der Waals surface area (Å²) in [5, 5.41) is 14.1. The molecule has 1 heterocycles. The fourth-order valence-corrected chi connectivity index (χ4v) is 3.01. The third-order valence-electron chi connectivity index (χ3n) is 4.25. The van der Waals surface area contributed by atoms with Crippen molar-refractivity contribution in [3.05, 3.63) is 0 Å². The van der Waals surface area contributed by atoms with Crippen molar-refractivity contribution in [1.82, 2.24) is 15.5 Å². The van der Waals surface area contributed by atoms with Crippen molar-refractivity contribution in [2.75, 3.05) is 6.54 Å². The number of hydrogen-bond acceptors (Lipinski definition) is 4. The van der Waals surface area contributed by atoms with Gasteiger partial charge in [-0.05, 0) is 18.8 Å². The maximum atomic E-state index is 12.4. The normalized spacial score (nSPS) is 21.3. The van der Waals surface area contributed by atoms with E-state index >= 15 is 0 Å². The van der Waals surface area contributed by atoms with Crippen LogP contribution in [-0.4, -0.2) is 51.9 Å². The van der Waals surface area contributed by atoms with Crippen molar-refractivity contribution in [3.63, 3.8) is 0 Å². The van der Waals surface area contributed by atoms with Crippen LogP contribution in [0.4, 0.5) is 4.79 Å². The highest BCUT2D eigenvalue weighted by molar-refractivity contribution is 6.09. The third-order valence-corrected chi connectivity index (χ3v) is 4.25. The molecule has 22 heavy (non-hydrogen) atoms. The zero-order valence-electron chi connectivity index (χ0n) is 12.7. The van der Waals surface area contributed by atoms with Gasteiger partial charge in [0.15, 0.2) is 0 Å². The van der Waals surface area contributed by atoms with Gasteiger partial charge in [-0.25, -0.2) is 9.59 Å². The van der Waals surface area contributed by atoms with Crippen LogP contribution in [0, 0.1) is 5.92 Å². The Morgan fingerprint density at radius 1 is 1.32 bits per heavy atom. The molecule has 1 aliphatic heterocycles. The van der Waals surface area contributed by atoms with E-state index in [9.17, 15) is 19.2 Å². The number of amides is 4. The van der Waals surface area contributed by atoms with Crippen LogP contribution in [-0.2, 0) is 14.4 Å². The van der Waals surface area contributed by atoms with Gasteiger partial charge in [0, 0.05) is 0 Å². The summed E-state index contributed by atoms with van der Waals surface area (Å²) in [4.78, 5) is 48.2. The lowest BCUT2D eigenvalue weighted by atomic mass is 9.98. The van der Waals surface area contributed by atoms with Gasteiger partial charge >= 0.3 is 12.0 Å². The first-order valence-corrected chi connectivity index (χ1v) is 7.43. The molecule has 4 amide bonds. The van der Waals surface area contributed by atoms with Crippen LogP contribution >= 0.6 is 0 Å². The Morgan fingerprint density at radius 3 is 2.41 bits per heavy atom. The number of nitrogens with zero attached hydrogens (tertiary/aromatic N) is 1. The molecule has 1 saturated carbocycles. The molecule has 0 radical (unpaired) electrons. The van der Waals surface area contributed by atoms with Crippen molar-refractivity contribution < 1.29 is 24.3 Å². The van der Waals surface area contributed by atoms with Crippen LogP contribution in [0.1, 0.15) is 39.5 Å². The van der Waals surface area contributed by atoms with E-state index in [2.05, 4.69) is 10.6 Å². The van der Waals surface area contributed by atoms with E-state index < -0.39 is 36.0 Å². The predicted octanol–water partition coefficient (Wildman–Crippen LogP) is 0.0764. The van der Waals surface area contributed by atoms with E-state index in [1.54, 1.807) is 13.8 Å². The van der Waals surface area contributed by atoms with Gasteiger partial charge in [0.05, 0.1) is 0 Å². The van der Waals surface area contributed by atoms with Gasteiger partial charge in [-0.1, -0.05) is 26.7 Å². The Labute approximate surface area is 128 Å². The second-order valence-electron chi connectivity index (χ2n) is 6.24. The van der Waals surface area contributed by atoms with Gasteiger partial charge in [-0.3, -0.25) is 14.5 Å². The summed E-state index contributed by atoms with van der Waals surface area (Å²) >= 11 is 0. The minimum atomic E-state index is -1.15. The van der Waals surface area contributed by atoms with Gasteiger partial charge in [0.1, 0.15) is 18.1 Å². The van der Waals surface area contributed by atoms with Gasteiger partial charge in [-0.2, -0.15) is 0 Å². The highest BCUT2D eigenvalue weighted by Crippen LogP contribution is 2.34. The monoisotopic (exact) mass is 311 g/mol. The molecule has 2 rings (SSSR count). The Balaban J connectivity index is 2.01. The van der Waals surface area contributed by atoms with E-state index in [4.69, 9.17) is 5.11 Å². The highest BCUT2D eigenvalue weighted by Gasteiger charge is 2.52. The summed E-state index contributed by atoms with van der Waals surface area (Å²) in [6, 6.07) is -1.63. The van der Waals surface area contributed by atoms with Crippen LogP contribution < -0.4 is 10.6 Å². The summed E-state index contributed by atoms with van der Waals surface area (Å²) in [5.74, 6) is -2.49. The average Bonchev–Trinajstić information content (AvgIpc) is 2.97. The topological polar surface area (TPSA) is 116 Å². The van der Waals surface area contributed by atoms with Crippen molar-refractivity contribution in [2.45, 2.75) is 51.1 Å².